The third-order valence-electron chi connectivity index (χ3n) is 3.76. The van der Waals surface area contributed by atoms with Crippen LogP contribution in [0.1, 0.15) is 16.8 Å². The first-order chi connectivity index (χ1) is 13.4. The number of thioether (sulfide) groups is 1. The van der Waals surface area contributed by atoms with Crippen LogP contribution in [0.2, 0.25) is 0 Å². The molecule has 2 aromatic rings. The SMILES string of the molecule is CSc1ccccc1NC(=O)CN(C)C(=O)c1ccc(NC(=O)CC#N)cc1. The molecule has 0 aliphatic rings. The van der Waals surface area contributed by atoms with Crippen molar-refractivity contribution in [2.24, 2.45) is 0 Å². The zero-order valence-corrected chi connectivity index (χ0v) is 16.4. The first-order valence-corrected chi connectivity index (χ1v) is 9.62. The van der Waals surface area contributed by atoms with Crippen LogP contribution in [0, 0.1) is 11.3 Å². The van der Waals surface area contributed by atoms with E-state index in [0.717, 1.165) is 4.90 Å². The molecule has 0 aromatic heterocycles. The van der Waals surface area contributed by atoms with Crippen LogP contribution in [-0.4, -0.2) is 42.5 Å². The van der Waals surface area contributed by atoms with Gasteiger partial charge in [-0.15, -0.1) is 11.8 Å². The Bertz CT molecular complexity index is 906. The molecule has 28 heavy (non-hydrogen) atoms. The van der Waals surface area contributed by atoms with Crippen molar-refractivity contribution in [3.8, 4) is 6.07 Å². The van der Waals surface area contributed by atoms with Gasteiger partial charge in [0.1, 0.15) is 6.42 Å². The van der Waals surface area contributed by atoms with Gasteiger partial charge in [-0.25, -0.2) is 0 Å². The zero-order chi connectivity index (χ0) is 20.5. The van der Waals surface area contributed by atoms with Crippen LogP contribution in [0.25, 0.3) is 0 Å². The number of nitriles is 1. The fourth-order valence-electron chi connectivity index (χ4n) is 2.42. The van der Waals surface area contributed by atoms with Crippen LogP contribution in [0.15, 0.2) is 53.4 Å². The van der Waals surface area contributed by atoms with Crippen molar-refractivity contribution in [2.45, 2.75) is 11.3 Å². The van der Waals surface area contributed by atoms with Crippen LogP contribution >= 0.6 is 11.8 Å². The summed E-state index contributed by atoms with van der Waals surface area (Å²) >= 11 is 1.52. The maximum atomic E-state index is 12.5. The minimum atomic E-state index is -0.416. The van der Waals surface area contributed by atoms with Crippen molar-refractivity contribution in [2.75, 3.05) is 30.5 Å². The number of para-hydroxylation sites is 1. The van der Waals surface area contributed by atoms with Gasteiger partial charge in [-0.1, -0.05) is 12.1 Å². The summed E-state index contributed by atoms with van der Waals surface area (Å²) < 4.78 is 0. The molecule has 0 unspecified atom stereocenters. The highest BCUT2D eigenvalue weighted by Gasteiger charge is 2.16. The fourth-order valence-corrected chi connectivity index (χ4v) is 2.97. The molecule has 0 bridgehead atoms. The van der Waals surface area contributed by atoms with Gasteiger partial charge in [0.2, 0.25) is 11.8 Å². The van der Waals surface area contributed by atoms with E-state index in [2.05, 4.69) is 10.6 Å². The second-order valence-electron chi connectivity index (χ2n) is 5.87. The smallest absolute Gasteiger partial charge is 0.254 e. The molecular weight excluding hydrogens is 376 g/mol. The molecular formula is C20H20N4O3S. The number of anilines is 2. The van der Waals surface area contributed by atoms with E-state index in [4.69, 9.17) is 5.26 Å². The maximum Gasteiger partial charge on any atom is 0.254 e. The van der Waals surface area contributed by atoms with Crippen molar-refractivity contribution in [1.29, 1.82) is 5.26 Å². The number of nitrogens with one attached hydrogen (secondary N) is 2. The lowest BCUT2D eigenvalue weighted by Crippen LogP contribution is -2.35. The van der Waals surface area contributed by atoms with E-state index in [9.17, 15) is 14.4 Å². The average molecular weight is 396 g/mol. The zero-order valence-electron chi connectivity index (χ0n) is 15.6. The van der Waals surface area contributed by atoms with Crippen LogP contribution in [-0.2, 0) is 9.59 Å². The average Bonchev–Trinajstić information content (AvgIpc) is 2.68. The molecule has 0 aliphatic carbocycles. The maximum absolute atomic E-state index is 12.5. The van der Waals surface area contributed by atoms with Crippen LogP contribution in [0.5, 0.6) is 0 Å². The molecule has 144 valence electrons. The van der Waals surface area contributed by atoms with Gasteiger partial charge in [0.25, 0.3) is 5.91 Å². The summed E-state index contributed by atoms with van der Waals surface area (Å²) in [7, 11) is 1.55. The highest BCUT2D eigenvalue weighted by atomic mass is 32.2. The summed E-state index contributed by atoms with van der Waals surface area (Å²) in [5.74, 6) is -1.03. The minimum absolute atomic E-state index is 0.0950. The largest absolute Gasteiger partial charge is 0.332 e. The molecule has 7 nitrogen and oxygen atoms in total. The first kappa shape index (κ1) is 21.0. The predicted molar refractivity (Wildman–Crippen MR) is 109 cm³/mol. The standard InChI is InChI=1S/C20H20N4O3S/c1-24(13-19(26)23-16-5-3-4-6-17(16)28-2)20(27)14-7-9-15(10-8-14)22-18(25)11-12-21/h3-10H,11,13H2,1-2H3,(H,22,25)(H,23,26). The van der Waals surface area contributed by atoms with Crippen LogP contribution in [0.4, 0.5) is 11.4 Å². The summed E-state index contributed by atoms with van der Waals surface area (Å²) in [5, 5.41) is 13.9. The summed E-state index contributed by atoms with van der Waals surface area (Å²) in [6.45, 7) is -0.0950. The van der Waals surface area contributed by atoms with E-state index in [0.29, 0.717) is 16.9 Å². The van der Waals surface area contributed by atoms with Crippen molar-refractivity contribution >= 4 is 40.9 Å². The molecule has 3 amide bonds. The summed E-state index contributed by atoms with van der Waals surface area (Å²) in [5.41, 5.74) is 1.59. The molecule has 0 radical (unpaired) electrons. The van der Waals surface area contributed by atoms with Crippen molar-refractivity contribution in [1.82, 2.24) is 4.90 Å². The number of rotatable bonds is 7. The van der Waals surface area contributed by atoms with Gasteiger partial charge in [0.15, 0.2) is 0 Å². The Morgan fingerprint density at radius 3 is 2.36 bits per heavy atom. The normalized spacial score (nSPS) is 9.89. The van der Waals surface area contributed by atoms with Gasteiger partial charge in [-0.3, -0.25) is 14.4 Å². The lowest BCUT2D eigenvalue weighted by atomic mass is 10.2. The molecule has 0 saturated carbocycles. The van der Waals surface area contributed by atoms with E-state index in [1.807, 2.05) is 30.5 Å². The van der Waals surface area contributed by atoms with E-state index in [-0.39, 0.29) is 24.8 Å². The fraction of sp³-hybridized carbons (Fsp3) is 0.200. The lowest BCUT2D eigenvalue weighted by molar-refractivity contribution is -0.117. The Morgan fingerprint density at radius 1 is 1.04 bits per heavy atom. The molecule has 2 aromatic carbocycles. The van der Waals surface area contributed by atoms with Crippen molar-refractivity contribution in [3.05, 3.63) is 54.1 Å². The third kappa shape index (κ3) is 5.86. The number of nitrogens with zero attached hydrogens (tertiary/aromatic N) is 2. The molecule has 0 saturated heterocycles. The minimum Gasteiger partial charge on any atom is -0.332 e. The van der Waals surface area contributed by atoms with Gasteiger partial charge in [-0.05, 0) is 42.7 Å². The monoisotopic (exact) mass is 396 g/mol. The number of likely N-dealkylation sites (N-methyl/N-ethyl adjacent to an activating group) is 1. The number of benzene rings is 2. The first-order valence-electron chi connectivity index (χ1n) is 8.39. The van der Waals surface area contributed by atoms with Gasteiger partial charge < -0.3 is 15.5 Å². The Kier molecular flexibility index (Phi) is 7.60. The third-order valence-corrected chi connectivity index (χ3v) is 4.56. The quantitative estimate of drug-likeness (QED) is 0.701. The Labute approximate surface area is 167 Å². The van der Waals surface area contributed by atoms with E-state index in [1.165, 1.54) is 16.7 Å². The van der Waals surface area contributed by atoms with Gasteiger partial charge in [-0.2, -0.15) is 5.26 Å². The van der Waals surface area contributed by atoms with Crippen molar-refractivity contribution < 1.29 is 14.4 Å². The Balaban J connectivity index is 1.95. The molecule has 0 aliphatic heterocycles. The summed E-state index contributed by atoms with van der Waals surface area (Å²) in [6.07, 6.45) is 1.69. The van der Waals surface area contributed by atoms with Crippen molar-refractivity contribution in [3.63, 3.8) is 0 Å². The second-order valence-corrected chi connectivity index (χ2v) is 6.72. The number of hydrogen-bond acceptors (Lipinski definition) is 5. The highest BCUT2D eigenvalue weighted by molar-refractivity contribution is 7.98. The summed E-state index contributed by atoms with van der Waals surface area (Å²) in [4.78, 5) is 38.4. The van der Waals surface area contributed by atoms with Gasteiger partial charge >= 0.3 is 0 Å². The molecule has 0 spiro atoms. The van der Waals surface area contributed by atoms with E-state index >= 15 is 0 Å². The van der Waals surface area contributed by atoms with Gasteiger partial charge in [0.05, 0.1) is 18.3 Å². The van der Waals surface area contributed by atoms with Crippen LogP contribution < -0.4 is 10.6 Å². The molecule has 2 N–H and O–H groups in total. The topological polar surface area (TPSA) is 102 Å². The number of carbonyl (C=O) groups excluding carboxylic acids is 3. The molecule has 2 rings (SSSR count). The predicted octanol–water partition coefficient (Wildman–Crippen LogP) is 2.97. The number of amides is 3. The summed E-state index contributed by atoms with van der Waals surface area (Å²) in [6, 6.07) is 15.5. The molecule has 0 atom stereocenters. The highest BCUT2D eigenvalue weighted by Crippen LogP contribution is 2.24. The molecule has 0 fully saturated rings. The number of hydrogen-bond donors (Lipinski definition) is 2. The second kappa shape index (κ2) is 10.1. The van der Waals surface area contributed by atoms with Crippen LogP contribution in [0.3, 0.4) is 0 Å². The Hall–Kier alpha value is -3.31. The van der Waals surface area contributed by atoms with E-state index < -0.39 is 5.91 Å². The molecule has 8 heteroatoms. The molecule has 0 heterocycles. The lowest BCUT2D eigenvalue weighted by Gasteiger charge is -2.18. The van der Waals surface area contributed by atoms with E-state index in [1.54, 1.807) is 37.4 Å². The number of carbonyl (C=O) groups is 3. The van der Waals surface area contributed by atoms with Gasteiger partial charge in [0, 0.05) is 23.2 Å². The Morgan fingerprint density at radius 2 is 1.71 bits per heavy atom.